The molecule has 0 aliphatic carbocycles. The molecular weight excluding hydrogens is 516 g/mol. The van der Waals surface area contributed by atoms with Crippen LogP contribution in [-0.4, -0.2) is 46.8 Å². The predicted octanol–water partition coefficient (Wildman–Crippen LogP) is 4.85. The standard InChI is InChI=1S/C33H48N4O4/c1-6-7-12-22(4)17-29(38)27(34)18-25(21(2)3)31(32(35)39)36-33(40)26-20-37(28-15-10-9-14-24(26)28)19-23-13-8-11-16-30(23)41-5/h8-11,13-16,20-22,25,27,29,31,38H,6-7,12,17-19,34H2,1-5H3,(H2,35,39)(H,36,40)/t22-,25-,27+,29+,31?/m1/s1. The van der Waals surface area contributed by atoms with Crippen LogP contribution in [0.4, 0.5) is 0 Å². The molecule has 0 fully saturated rings. The second-order valence-corrected chi connectivity index (χ2v) is 11.7. The summed E-state index contributed by atoms with van der Waals surface area (Å²) < 4.78 is 7.53. The van der Waals surface area contributed by atoms with E-state index >= 15 is 0 Å². The van der Waals surface area contributed by atoms with Crippen molar-refractivity contribution in [2.75, 3.05) is 7.11 Å². The maximum Gasteiger partial charge on any atom is 0.254 e. The largest absolute Gasteiger partial charge is 0.496 e. The average molecular weight is 565 g/mol. The van der Waals surface area contributed by atoms with E-state index in [9.17, 15) is 14.7 Å². The van der Waals surface area contributed by atoms with Crippen LogP contribution in [-0.2, 0) is 11.3 Å². The van der Waals surface area contributed by atoms with Crippen LogP contribution in [0.25, 0.3) is 10.9 Å². The smallest absolute Gasteiger partial charge is 0.254 e. The summed E-state index contributed by atoms with van der Waals surface area (Å²) >= 11 is 0. The summed E-state index contributed by atoms with van der Waals surface area (Å²) in [7, 11) is 1.64. The summed E-state index contributed by atoms with van der Waals surface area (Å²) in [5, 5.41) is 14.5. The highest BCUT2D eigenvalue weighted by molar-refractivity contribution is 6.08. The van der Waals surface area contributed by atoms with Crippen molar-refractivity contribution in [1.29, 1.82) is 0 Å². The molecule has 5 atom stereocenters. The van der Waals surface area contributed by atoms with Crippen molar-refractivity contribution in [3.05, 3.63) is 65.9 Å². The number of nitrogens with zero attached hydrogens (tertiary/aromatic N) is 1. The number of carbonyl (C=O) groups excluding carboxylic acids is 2. The summed E-state index contributed by atoms with van der Waals surface area (Å²) in [5.74, 6) is -0.217. The fourth-order valence-corrected chi connectivity index (χ4v) is 5.71. The highest BCUT2D eigenvalue weighted by Crippen LogP contribution is 2.28. The molecular formula is C33H48N4O4. The van der Waals surface area contributed by atoms with Crippen molar-refractivity contribution < 1.29 is 19.4 Å². The number of nitrogens with one attached hydrogen (secondary N) is 1. The number of aromatic nitrogens is 1. The number of fused-ring (bicyclic) bond motifs is 1. The van der Waals surface area contributed by atoms with Gasteiger partial charge in [0.2, 0.25) is 5.91 Å². The minimum Gasteiger partial charge on any atom is -0.496 e. The molecule has 8 nitrogen and oxygen atoms in total. The lowest BCUT2D eigenvalue weighted by Gasteiger charge is -2.32. The number of hydrogen-bond acceptors (Lipinski definition) is 5. The van der Waals surface area contributed by atoms with E-state index in [1.165, 1.54) is 0 Å². The van der Waals surface area contributed by atoms with Crippen molar-refractivity contribution >= 4 is 22.7 Å². The van der Waals surface area contributed by atoms with Crippen molar-refractivity contribution in [2.45, 2.75) is 84.5 Å². The highest BCUT2D eigenvalue weighted by Gasteiger charge is 2.34. The molecule has 0 radical (unpaired) electrons. The molecule has 0 saturated heterocycles. The van der Waals surface area contributed by atoms with Gasteiger partial charge in [0.15, 0.2) is 0 Å². The molecule has 0 spiro atoms. The van der Waals surface area contributed by atoms with Gasteiger partial charge in [-0.2, -0.15) is 0 Å². The summed E-state index contributed by atoms with van der Waals surface area (Å²) in [5.41, 5.74) is 14.7. The van der Waals surface area contributed by atoms with Crippen molar-refractivity contribution in [3.63, 3.8) is 0 Å². The SMILES string of the molecule is CCCC[C@@H](C)C[C@H](O)[C@@H](N)C[C@H](C(C)C)C(NC(=O)c1cn(Cc2ccccc2OC)c2ccccc12)C(N)=O. The zero-order valence-corrected chi connectivity index (χ0v) is 25.2. The first kappa shape index (κ1) is 32.2. The topological polar surface area (TPSA) is 133 Å². The highest BCUT2D eigenvalue weighted by atomic mass is 16.5. The molecule has 1 aromatic heterocycles. The van der Waals surface area contributed by atoms with E-state index in [4.69, 9.17) is 16.2 Å². The van der Waals surface area contributed by atoms with E-state index in [1.54, 1.807) is 7.11 Å². The van der Waals surface area contributed by atoms with Gasteiger partial charge in [-0.05, 0) is 42.7 Å². The van der Waals surface area contributed by atoms with E-state index in [0.29, 0.717) is 30.9 Å². The molecule has 1 heterocycles. The van der Waals surface area contributed by atoms with Gasteiger partial charge in [-0.15, -0.1) is 0 Å². The number of amides is 2. The zero-order valence-electron chi connectivity index (χ0n) is 25.2. The molecule has 3 aromatic rings. The molecule has 0 aliphatic rings. The number of carbonyl (C=O) groups is 2. The number of nitrogens with two attached hydrogens (primary N) is 2. The monoisotopic (exact) mass is 564 g/mol. The summed E-state index contributed by atoms with van der Waals surface area (Å²) in [6.07, 6.45) is 5.35. The number of rotatable bonds is 16. The zero-order chi connectivity index (χ0) is 30.1. The van der Waals surface area contributed by atoms with Crippen molar-refractivity contribution in [3.8, 4) is 5.75 Å². The van der Waals surface area contributed by atoms with Crippen LogP contribution >= 0.6 is 0 Å². The van der Waals surface area contributed by atoms with Gasteiger partial charge < -0.3 is 31.2 Å². The Balaban J connectivity index is 1.83. The first-order chi connectivity index (χ1) is 19.6. The fraction of sp³-hybridized carbons (Fsp3) is 0.515. The maximum absolute atomic E-state index is 13.7. The van der Waals surface area contributed by atoms with E-state index in [2.05, 4.69) is 19.2 Å². The minimum absolute atomic E-state index is 0.00421. The van der Waals surface area contributed by atoms with Gasteiger partial charge >= 0.3 is 0 Å². The molecule has 224 valence electrons. The summed E-state index contributed by atoms with van der Waals surface area (Å²) in [6, 6.07) is 14.0. The Morgan fingerprint density at radius 3 is 2.39 bits per heavy atom. The quantitative estimate of drug-likeness (QED) is 0.197. The van der Waals surface area contributed by atoms with Crippen LogP contribution in [0.5, 0.6) is 5.75 Å². The van der Waals surface area contributed by atoms with Crippen LogP contribution in [0.1, 0.15) is 75.7 Å². The molecule has 0 aliphatic heterocycles. The Kier molecular flexibility index (Phi) is 11.8. The third-order valence-electron chi connectivity index (χ3n) is 8.18. The Hall–Kier alpha value is -3.36. The number of ether oxygens (including phenoxy) is 1. The van der Waals surface area contributed by atoms with Crippen molar-refractivity contribution in [1.82, 2.24) is 9.88 Å². The molecule has 3 rings (SSSR count). The fourth-order valence-electron chi connectivity index (χ4n) is 5.71. The number of para-hydroxylation sites is 2. The lowest BCUT2D eigenvalue weighted by Crippen LogP contribution is -2.52. The normalized spacial score (nSPS) is 15.3. The van der Waals surface area contributed by atoms with Crippen LogP contribution in [0.2, 0.25) is 0 Å². The molecule has 0 saturated carbocycles. The lowest BCUT2D eigenvalue weighted by atomic mass is 9.80. The van der Waals surface area contributed by atoms with Crippen LogP contribution < -0.4 is 21.5 Å². The third-order valence-corrected chi connectivity index (χ3v) is 8.18. The van der Waals surface area contributed by atoms with E-state index in [1.807, 2.05) is 73.1 Å². The average Bonchev–Trinajstić information content (AvgIpc) is 3.31. The Morgan fingerprint density at radius 2 is 1.73 bits per heavy atom. The third kappa shape index (κ3) is 8.33. The molecule has 2 aromatic carbocycles. The van der Waals surface area contributed by atoms with Gasteiger partial charge in [-0.3, -0.25) is 9.59 Å². The number of methoxy groups -OCH3 is 1. The summed E-state index contributed by atoms with van der Waals surface area (Å²) in [4.78, 5) is 26.4. The number of aliphatic hydroxyl groups excluding tert-OH is 1. The number of unbranched alkanes of at least 4 members (excludes halogenated alkanes) is 1. The van der Waals surface area contributed by atoms with Crippen LogP contribution in [0.15, 0.2) is 54.7 Å². The van der Waals surface area contributed by atoms with Crippen LogP contribution in [0.3, 0.4) is 0 Å². The van der Waals surface area contributed by atoms with Gasteiger partial charge in [-0.1, -0.05) is 83.4 Å². The minimum atomic E-state index is -0.936. The number of aliphatic hydroxyl groups is 1. The molecule has 2 amide bonds. The molecule has 6 N–H and O–H groups in total. The van der Waals surface area contributed by atoms with Gasteiger partial charge in [-0.25, -0.2) is 0 Å². The van der Waals surface area contributed by atoms with Gasteiger partial charge in [0, 0.05) is 28.7 Å². The lowest BCUT2D eigenvalue weighted by molar-refractivity contribution is -0.121. The Bertz CT molecular complexity index is 1290. The Labute approximate surface area is 244 Å². The van der Waals surface area contributed by atoms with Crippen LogP contribution in [0, 0.1) is 17.8 Å². The molecule has 1 unspecified atom stereocenters. The predicted molar refractivity (Wildman–Crippen MR) is 165 cm³/mol. The van der Waals surface area contributed by atoms with Crippen molar-refractivity contribution in [2.24, 2.45) is 29.2 Å². The second-order valence-electron chi connectivity index (χ2n) is 11.7. The maximum atomic E-state index is 13.7. The second kappa shape index (κ2) is 15.0. The van der Waals surface area contributed by atoms with Gasteiger partial charge in [0.25, 0.3) is 5.91 Å². The number of benzene rings is 2. The van der Waals surface area contributed by atoms with E-state index < -0.39 is 24.1 Å². The number of primary amides is 1. The van der Waals surface area contributed by atoms with Gasteiger partial charge in [0.05, 0.1) is 25.3 Å². The first-order valence-corrected chi connectivity index (χ1v) is 14.8. The molecule has 0 bridgehead atoms. The van der Waals surface area contributed by atoms with E-state index in [0.717, 1.165) is 41.5 Å². The Morgan fingerprint density at radius 1 is 1.05 bits per heavy atom. The molecule has 41 heavy (non-hydrogen) atoms. The first-order valence-electron chi connectivity index (χ1n) is 14.8. The molecule has 8 heteroatoms. The number of hydrogen-bond donors (Lipinski definition) is 4. The van der Waals surface area contributed by atoms with E-state index in [-0.39, 0.29) is 17.7 Å². The summed E-state index contributed by atoms with van der Waals surface area (Å²) in [6.45, 7) is 8.75. The van der Waals surface area contributed by atoms with Gasteiger partial charge in [0.1, 0.15) is 11.8 Å².